The summed E-state index contributed by atoms with van der Waals surface area (Å²) in [7, 11) is 3.45. The molecule has 0 aromatic heterocycles. The summed E-state index contributed by atoms with van der Waals surface area (Å²) >= 11 is 0. The number of carbonyl (C=O) groups excluding carboxylic acids is 1. The van der Waals surface area contributed by atoms with Gasteiger partial charge in [0.05, 0.1) is 25.2 Å². The standard InChI is InChI=1S/C17H23NO4/c1-16(2)21-10-12(22-16)9-17(3)13-8-11(20-5)6-7-14(13)18(4)15(17)19/h6-8,12H,9-10H2,1-5H3/t12-,17-/m0/s1. The number of amides is 1. The third kappa shape index (κ3) is 2.29. The maximum absolute atomic E-state index is 12.8. The highest BCUT2D eigenvalue weighted by atomic mass is 16.7. The molecular weight excluding hydrogens is 282 g/mol. The van der Waals surface area contributed by atoms with Crippen LogP contribution in [0.5, 0.6) is 5.75 Å². The molecular formula is C17H23NO4. The average Bonchev–Trinajstić information content (AvgIpc) is 2.90. The molecule has 0 radical (unpaired) electrons. The van der Waals surface area contributed by atoms with Gasteiger partial charge in [-0.1, -0.05) is 0 Å². The van der Waals surface area contributed by atoms with E-state index in [1.807, 2.05) is 46.0 Å². The number of likely N-dealkylation sites (N-methyl/N-ethyl adjacent to an activating group) is 1. The molecule has 0 spiro atoms. The van der Waals surface area contributed by atoms with Crippen LogP contribution in [0.2, 0.25) is 0 Å². The van der Waals surface area contributed by atoms with E-state index >= 15 is 0 Å². The topological polar surface area (TPSA) is 48.0 Å². The van der Waals surface area contributed by atoms with Gasteiger partial charge in [0.25, 0.3) is 0 Å². The van der Waals surface area contributed by atoms with Crippen molar-refractivity contribution in [1.29, 1.82) is 0 Å². The molecule has 0 N–H and O–H groups in total. The molecule has 2 atom stereocenters. The highest BCUT2D eigenvalue weighted by molar-refractivity contribution is 6.07. The number of methoxy groups -OCH3 is 1. The minimum Gasteiger partial charge on any atom is -0.497 e. The lowest BCUT2D eigenvalue weighted by Crippen LogP contribution is -2.39. The summed E-state index contributed by atoms with van der Waals surface area (Å²) in [4.78, 5) is 14.5. The third-order valence-electron chi connectivity index (χ3n) is 4.64. The Morgan fingerprint density at radius 2 is 2.09 bits per heavy atom. The van der Waals surface area contributed by atoms with Crippen LogP contribution in [-0.2, 0) is 19.7 Å². The van der Waals surface area contributed by atoms with E-state index in [9.17, 15) is 4.79 Å². The molecule has 3 rings (SSSR count). The van der Waals surface area contributed by atoms with Gasteiger partial charge >= 0.3 is 0 Å². The summed E-state index contributed by atoms with van der Waals surface area (Å²) in [6.07, 6.45) is 0.509. The van der Waals surface area contributed by atoms with Gasteiger partial charge in [-0.25, -0.2) is 0 Å². The number of rotatable bonds is 3. The molecule has 22 heavy (non-hydrogen) atoms. The van der Waals surface area contributed by atoms with E-state index in [0.717, 1.165) is 17.0 Å². The van der Waals surface area contributed by atoms with Gasteiger partial charge in [-0.05, 0) is 51.0 Å². The van der Waals surface area contributed by atoms with Crippen molar-refractivity contribution in [2.24, 2.45) is 0 Å². The Balaban J connectivity index is 1.94. The van der Waals surface area contributed by atoms with Gasteiger partial charge in [-0.3, -0.25) is 4.79 Å². The number of hydrogen-bond acceptors (Lipinski definition) is 4. The van der Waals surface area contributed by atoms with E-state index in [4.69, 9.17) is 14.2 Å². The SMILES string of the molecule is COc1ccc2c(c1)[C@](C)(C[C@H]1COC(C)(C)O1)C(=O)N2C. The first-order chi connectivity index (χ1) is 10.3. The maximum Gasteiger partial charge on any atom is 0.237 e. The highest BCUT2D eigenvalue weighted by Crippen LogP contribution is 2.46. The van der Waals surface area contributed by atoms with Crippen molar-refractivity contribution in [3.05, 3.63) is 23.8 Å². The smallest absolute Gasteiger partial charge is 0.237 e. The zero-order chi connectivity index (χ0) is 16.1. The molecule has 1 fully saturated rings. The van der Waals surface area contributed by atoms with Crippen LogP contribution in [0.4, 0.5) is 5.69 Å². The summed E-state index contributed by atoms with van der Waals surface area (Å²) in [5, 5.41) is 0. The molecule has 2 heterocycles. The molecule has 1 aromatic rings. The Labute approximate surface area is 131 Å². The Bertz CT molecular complexity index is 613. The number of hydrogen-bond donors (Lipinski definition) is 0. The Morgan fingerprint density at radius 1 is 1.36 bits per heavy atom. The Kier molecular flexibility index (Phi) is 3.45. The molecule has 5 heteroatoms. The minimum atomic E-state index is -0.618. The van der Waals surface area contributed by atoms with Crippen LogP contribution < -0.4 is 9.64 Å². The molecule has 2 aliphatic rings. The highest BCUT2D eigenvalue weighted by Gasteiger charge is 2.49. The molecule has 120 valence electrons. The Morgan fingerprint density at radius 3 is 2.68 bits per heavy atom. The second kappa shape index (κ2) is 4.96. The van der Waals surface area contributed by atoms with Crippen LogP contribution in [0.15, 0.2) is 18.2 Å². The predicted molar refractivity (Wildman–Crippen MR) is 83.3 cm³/mol. The van der Waals surface area contributed by atoms with Gasteiger partial charge < -0.3 is 19.1 Å². The van der Waals surface area contributed by atoms with E-state index in [0.29, 0.717) is 13.0 Å². The fourth-order valence-electron chi connectivity index (χ4n) is 3.49. The van der Waals surface area contributed by atoms with Crippen molar-refractivity contribution in [1.82, 2.24) is 0 Å². The van der Waals surface area contributed by atoms with Crippen LogP contribution >= 0.6 is 0 Å². The monoisotopic (exact) mass is 305 g/mol. The van der Waals surface area contributed by atoms with Crippen molar-refractivity contribution >= 4 is 11.6 Å². The molecule has 2 aliphatic heterocycles. The van der Waals surface area contributed by atoms with Crippen LogP contribution in [0, 0.1) is 0 Å². The van der Waals surface area contributed by atoms with Gasteiger partial charge in [-0.15, -0.1) is 0 Å². The molecule has 1 amide bonds. The van der Waals surface area contributed by atoms with Crippen molar-refractivity contribution in [3.63, 3.8) is 0 Å². The second-order valence-corrected chi connectivity index (χ2v) is 6.73. The molecule has 0 unspecified atom stereocenters. The summed E-state index contributed by atoms with van der Waals surface area (Å²) in [5.74, 6) is 0.271. The van der Waals surface area contributed by atoms with Gasteiger partial charge in [0.2, 0.25) is 5.91 Å². The summed E-state index contributed by atoms with van der Waals surface area (Å²) in [5.41, 5.74) is 1.31. The maximum atomic E-state index is 12.8. The fraction of sp³-hybridized carbons (Fsp3) is 0.588. The van der Waals surface area contributed by atoms with E-state index in [2.05, 4.69) is 0 Å². The Hall–Kier alpha value is -1.59. The van der Waals surface area contributed by atoms with Crippen LogP contribution in [0.1, 0.15) is 32.8 Å². The molecule has 0 bridgehead atoms. The fourth-order valence-corrected chi connectivity index (χ4v) is 3.49. The molecule has 5 nitrogen and oxygen atoms in total. The van der Waals surface area contributed by atoms with Gasteiger partial charge in [0.1, 0.15) is 5.75 Å². The number of ether oxygens (including phenoxy) is 3. The second-order valence-electron chi connectivity index (χ2n) is 6.73. The van der Waals surface area contributed by atoms with E-state index in [1.165, 1.54) is 0 Å². The quantitative estimate of drug-likeness (QED) is 0.861. The molecule has 1 aromatic carbocycles. The lowest BCUT2D eigenvalue weighted by atomic mass is 9.79. The number of anilines is 1. The van der Waals surface area contributed by atoms with Crippen molar-refractivity contribution in [2.75, 3.05) is 25.7 Å². The zero-order valence-corrected chi connectivity index (χ0v) is 13.8. The van der Waals surface area contributed by atoms with Crippen LogP contribution in [-0.4, -0.2) is 38.6 Å². The van der Waals surface area contributed by atoms with E-state index in [1.54, 1.807) is 12.0 Å². The van der Waals surface area contributed by atoms with E-state index in [-0.39, 0.29) is 12.0 Å². The number of fused-ring (bicyclic) bond motifs is 1. The number of carbonyl (C=O) groups is 1. The van der Waals surface area contributed by atoms with Crippen molar-refractivity contribution in [3.8, 4) is 5.75 Å². The largest absolute Gasteiger partial charge is 0.497 e. The van der Waals surface area contributed by atoms with E-state index < -0.39 is 11.2 Å². The first-order valence-corrected chi connectivity index (χ1v) is 7.55. The third-order valence-corrected chi connectivity index (χ3v) is 4.64. The molecule has 0 aliphatic carbocycles. The normalized spacial score (nSPS) is 29.8. The first-order valence-electron chi connectivity index (χ1n) is 7.55. The van der Waals surface area contributed by atoms with Gasteiger partial charge in [0.15, 0.2) is 5.79 Å². The summed E-state index contributed by atoms with van der Waals surface area (Å²) in [6.45, 7) is 6.29. The van der Waals surface area contributed by atoms with Gasteiger partial charge in [0, 0.05) is 12.7 Å². The van der Waals surface area contributed by atoms with Crippen LogP contribution in [0.3, 0.4) is 0 Å². The molecule has 0 saturated carbocycles. The summed E-state index contributed by atoms with van der Waals surface area (Å²) in [6, 6.07) is 5.78. The predicted octanol–water partition coefficient (Wildman–Crippen LogP) is 2.47. The lowest BCUT2D eigenvalue weighted by Gasteiger charge is -2.26. The minimum absolute atomic E-state index is 0.0871. The average molecular weight is 305 g/mol. The molecule has 1 saturated heterocycles. The number of benzene rings is 1. The van der Waals surface area contributed by atoms with Gasteiger partial charge in [-0.2, -0.15) is 0 Å². The number of nitrogens with zero attached hydrogens (tertiary/aromatic N) is 1. The van der Waals surface area contributed by atoms with Crippen molar-refractivity contribution in [2.45, 2.75) is 44.5 Å². The van der Waals surface area contributed by atoms with Crippen LogP contribution in [0.25, 0.3) is 0 Å². The zero-order valence-electron chi connectivity index (χ0n) is 13.8. The van der Waals surface area contributed by atoms with Crippen molar-refractivity contribution < 1.29 is 19.0 Å². The summed E-state index contributed by atoms with van der Waals surface area (Å²) < 4.78 is 16.9. The lowest BCUT2D eigenvalue weighted by molar-refractivity contribution is -0.142. The first kappa shape index (κ1) is 15.3.